The van der Waals surface area contributed by atoms with Crippen LogP contribution in [-0.2, 0) is 6.42 Å². The van der Waals surface area contributed by atoms with Gasteiger partial charge in [0.2, 0.25) is 0 Å². The summed E-state index contributed by atoms with van der Waals surface area (Å²) < 4.78 is 0. The fourth-order valence-electron chi connectivity index (χ4n) is 1.95. The van der Waals surface area contributed by atoms with Crippen molar-refractivity contribution in [2.45, 2.75) is 20.3 Å². The number of rotatable bonds is 4. The number of carbonyl (C=O) groups excluding carboxylic acids is 1. The number of carbonyl (C=O) groups is 1. The smallest absolute Gasteiger partial charge is 0.257 e. The van der Waals surface area contributed by atoms with E-state index in [0.29, 0.717) is 17.9 Å². The fraction of sp³-hybridized carbons (Fsp3) is 0.333. The van der Waals surface area contributed by atoms with E-state index in [2.05, 4.69) is 15.0 Å². The van der Waals surface area contributed by atoms with Crippen molar-refractivity contribution in [3.05, 3.63) is 53.4 Å². The van der Waals surface area contributed by atoms with Crippen LogP contribution < -0.4 is 0 Å². The molecule has 0 bridgehead atoms. The van der Waals surface area contributed by atoms with Gasteiger partial charge in [0, 0.05) is 32.2 Å². The maximum Gasteiger partial charge on any atom is 0.257 e. The highest BCUT2D eigenvalue weighted by atomic mass is 16.2. The maximum atomic E-state index is 12.3. The second kappa shape index (κ2) is 6.23. The van der Waals surface area contributed by atoms with Crippen molar-refractivity contribution in [3.8, 4) is 0 Å². The molecule has 2 aromatic heterocycles. The topological polar surface area (TPSA) is 59.0 Å². The van der Waals surface area contributed by atoms with Crippen molar-refractivity contribution < 1.29 is 4.79 Å². The molecule has 104 valence electrons. The zero-order chi connectivity index (χ0) is 14.5. The van der Waals surface area contributed by atoms with E-state index in [-0.39, 0.29) is 5.91 Å². The third-order valence-corrected chi connectivity index (χ3v) is 3.16. The summed E-state index contributed by atoms with van der Waals surface area (Å²) in [6, 6.07) is 3.91. The molecule has 0 aliphatic carbocycles. The van der Waals surface area contributed by atoms with Gasteiger partial charge in [-0.2, -0.15) is 0 Å². The van der Waals surface area contributed by atoms with Crippen LogP contribution in [0.1, 0.15) is 27.4 Å². The molecule has 0 aromatic carbocycles. The third kappa shape index (κ3) is 3.38. The van der Waals surface area contributed by atoms with Crippen molar-refractivity contribution in [1.82, 2.24) is 19.9 Å². The Kier molecular flexibility index (Phi) is 4.40. The highest BCUT2D eigenvalue weighted by Crippen LogP contribution is 2.08. The first-order valence-electron chi connectivity index (χ1n) is 6.52. The Hall–Kier alpha value is -2.30. The SMILES string of the molecule is Cc1ncc(C(=O)N(C)CCc2ccncc2)c(C)n1. The second-order valence-electron chi connectivity index (χ2n) is 4.75. The third-order valence-electron chi connectivity index (χ3n) is 3.16. The van der Waals surface area contributed by atoms with E-state index in [1.165, 1.54) is 0 Å². The molecule has 2 heterocycles. The lowest BCUT2D eigenvalue weighted by molar-refractivity contribution is 0.0795. The monoisotopic (exact) mass is 270 g/mol. The van der Waals surface area contributed by atoms with E-state index in [1.807, 2.05) is 26.0 Å². The normalized spacial score (nSPS) is 10.3. The van der Waals surface area contributed by atoms with Gasteiger partial charge in [0.25, 0.3) is 5.91 Å². The second-order valence-corrected chi connectivity index (χ2v) is 4.75. The standard InChI is InChI=1S/C15H18N4O/c1-11-14(10-17-12(2)18-11)15(20)19(3)9-6-13-4-7-16-8-5-13/h4-5,7-8,10H,6,9H2,1-3H3. The van der Waals surface area contributed by atoms with E-state index >= 15 is 0 Å². The first kappa shape index (κ1) is 14.1. The number of aromatic nitrogens is 3. The average Bonchev–Trinajstić information content (AvgIpc) is 2.45. The zero-order valence-corrected chi connectivity index (χ0v) is 12.0. The van der Waals surface area contributed by atoms with Crippen molar-refractivity contribution in [2.75, 3.05) is 13.6 Å². The fourth-order valence-corrected chi connectivity index (χ4v) is 1.95. The molecule has 0 N–H and O–H groups in total. The molecule has 0 radical (unpaired) electrons. The number of hydrogen-bond donors (Lipinski definition) is 0. The van der Waals surface area contributed by atoms with Crippen molar-refractivity contribution >= 4 is 5.91 Å². The highest BCUT2D eigenvalue weighted by Gasteiger charge is 2.15. The van der Waals surface area contributed by atoms with Gasteiger partial charge in [-0.3, -0.25) is 9.78 Å². The molecule has 2 rings (SSSR count). The van der Waals surface area contributed by atoms with Gasteiger partial charge in [-0.15, -0.1) is 0 Å². The number of pyridine rings is 1. The van der Waals surface area contributed by atoms with Crippen molar-refractivity contribution in [2.24, 2.45) is 0 Å². The summed E-state index contributed by atoms with van der Waals surface area (Å²) in [4.78, 5) is 26.3. The molecule has 5 heteroatoms. The molecule has 0 spiro atoms. The van der Waals surface area contributed by atoms with E-state index in [4.69, 9.17) is 0 Å². The Morgan fingerprint density at radius 2 is 1.95 bits per heavy atom. The van der Waals surface area contributed by atoms with E-state index in [0.717, 1.165) is 17.7 Å². The van der Waals surface area contributed by atoms with Crippen LogP contribution in [0.5, 0.6) is 0 Å². The molecule has 5 nitrogen and oxygen atoms in total. The Balaban J connectivity index is 2.01. The largest absolute Gasteiger partial charge is 0.341 e. The lowest BCUT2D eigenvalue weighted by atomic mass is 10.1. The van der Waals surface area contributed by atoms with E-state index < -0.39 is 0 Å². The number of aryl methyl sites for hydroxylation is 2. The first-order chi connectivity index (χ1) is 9.58. The van der Waals surface area contributed by atoms with Crippen LogP contribution in [-0.4, -0.2) is 39.4 Å². The van der Waals surface area contributed by atoms with Gasteiger partial charge < -0.3 is 4.90 Å². The quantitative estimate of drug-likeness (QED) is 0.850. The molecule has 0 atom stereocenters. The molecule has 0 saturated heterocycles. The summed E-state index contributed by atoms with van der Waals surface area (Å²) in [5.41, 5.74) is 2.45. The van der Waals surface area contributed by atoms with Gasteiger partial charge in [0.05, 0.1) is 11.3 Å². The van der Waals surface area contributed by atoms with Crippen molar-refractivity contribution in [3.63, 3.8) is 0 Å². The molecule has 0 fully saturated rings. The number of hydrogen-bond acceptors (Lipinski definition) is 4. The van der Waals surface area contributed by atoms with Gasteiger partial charge in [0.15, 0.2) is 0 Å². The summed E-state index contributed by atoms with van der Waals surface area (Å²) in [5, 5.41) is 0. The van der Waals surface area contributed by atoms with Gasteiger partial charge in [-0.1, -0.05) is 0 Å². The molecular weight excluding hydrogens is 252 g/mol. The Morgan fingerprint density at radius 1 is 1.25 bits per heavy atom. The molecule has 0 unspecified atom stereocenters. The summed E-state index contributed by atoms with van der Waals surface area (Å²) in [5.74, 6) is 0.634. The summed E-state index contributed by atoms with van der Waals surface area (Å²) >= 11 is 0. The van der Waals surface area contributed by atoms with Gasteiger partial charge in [0.1, 0.15) is 5.82 Å². The molecule has 20 heavy (non-hydrogen) atoms. The minimum atomic E-state index is -0.0449. The van der Waals surface area contributed by atoms with E-state index in [9.17, 15) is 4.79 Å². The number of nitrogens with zero attached hydrogens (tertiary/aromatic N) is 4. The Morgan fingerprint density at radius 3 is 2.60 bits per heavy atom. The van der Waals surface area contributed by atoms with Gasteiger partial charge in [-0.05, 0) is 38.0 Å². The minimum Gasteiger partial charge on any atom is -0.341 e. The van der Waals surface area contributed by atoms with Crippen LogP contribution in [0.3, 0.4) is 0 Å². The van der Waals surface area contributed by atoms with Gasteiger partial charge in [-0.25, -0.2) is 9.97 Å². The Bertz CT molecular complexity index is 598. The predicted molar refractivity (Wildman–Crippen MR) is 76.4 cm³/mol. The number of likely N-dealkylation sites (N-methyl/N-ethyl adjacent to an activating group) is 1. The zero-order valence-electron chi connectivity index (χ0n) is 12.0. The van der Waals surface area contributed by atoms with Crippen LogP contribution >= 0.6 is 0 Å². The lowest BCUT2D eigenvalue weighted by Crippen LogP contribution is -2.29. The first-order valence-corrected chi connectivity index (χ1v) is 6.52. The average molecular weight is 270 g/mol. The molecular formula is C15H18N4O. The van der Waals surface area contributed by atoms with Crippen LogP contribution in [0.4, 0.5) is 0 Å². The van der Waals surface area contributed by atoms with Crippen LogP contribution in [0.25, 0.3) is 0 Å². The molecule has 1 amide bonds. The van der Waals surface area contributed by atoms with Crippen LogP contribution in [0.2, 0.25) is 0 Å². The number of amides is 1. The minimum absolute atomic E-state index is 0.0449. The van der Waals surface area contributed by atoms with E-state index in [1.54, 1.807) is 30.5 Å². The Labute approximate surface area is 118 Å². The summed E-state index contributed by atoms with van der Waals surface area (Å²) in [7, 11) is 1.79. The molecule has 0 saturated carbocycles. The van der Waals surface area contributed by atoms with Crippen LogP contribution in [0, 0.1) is 13.8 Å². The highest BCUT2D eigenvalue weighted by molar-refractivity contribution is 5.94. The van der Waals surface area contributed by atoms with Gasteiger partial charge >= 0.3 is 0 Å². The summed E-state index contributed by atoms with van der Waals surface area (Å²) in [6.07, 6.45) is 5.92. The van der Waals surface area contributed by atoms with Crippen molar-refractivity contribution in [1.29, 1.82) is 0 Å². The predicted octanol–water partition coefficient (Wildman–Crippen LogP) is 1.80. The molecule has 0 aliphatic heterocycles. The summed E-state index contributed by atoms with van der Waals surface area (Å²) in [6.45, 7) is 4.29. The van der Waals surface area contributed by atoms with Crippen LogP contribution in [0.15, 0.2) is 30.7 Å². The maximum absolute atomic E-state index is 12.3. The molecule has 0 aliphatic rings. The lowest BCUT2D eigenvalue weighted by Gasteiger charge is -2.18. The molecule has 2 aromatic rings.